The third-order valence-corrected chi connectivity index (χ3v) is 2.85. The third kappa shape index (κ3) is 5.45. The van der Waals surface area contributed by atoms with E-state index in [-0.39, 0.29) is 5.12 Å². The Kier molecular flexibility index (Phi) is 6.38. The van der Waals surface area contributed by atoms with E-state index in [1.807, 2.05) is 0 Å². The lowest BCUT2D eigenvalue weighted by atomic mass is 10.2. The van der Waals surface area contributed by atoms with E-state index in [9.17, 15) is 4.79 Å². The minimum absolute atomic E-state index is 0.373. The molecule has 0 bridgehead atoms. The van der Waals surface area contributed by atoms with Crippen molar-refractivity contribution in [3.63, 3.8) is 0 Å². The molecule has 1 aromatic rings. The van der Waals surface area contributed by atoms with Crippen molar-refractivity contribution in [2.45, 2.75) is 19.3 Å². The second-order valence-electron chi connectivity index (χ2n) is 3.72. The Hall–Kier alpha value is -0.640. The van der Waals surface area contributed by atoms with Crippen LogP contribution in [0.15, 0.2) is 24.3 Å². The summed E-state index contributed by atoms with van der Waals surface area (Å²) in [4.78, 5) is 10.6. The average molecular weight is 258 g/mol. The molecule has 0 radical (unpaired) electrons. The van der Waals surface area contributed by atoms with Crippen molar-refractivity contribution in [3.8, 4) is 0 Å². The van der Waals surface area contributed by atoms with E-state index in [0.717, 1.165) is 0 Å². The third-order valence-electron chi connectivity index (χ3n) is 2.38. The van der Waals surface area contributed by atoms with E-state index in [1.165, 1.54) is 32.4 Å². The molecule has 0 unspecified atom stereocenters. The van der Waals surface area contributed by atoms with Crippen molar-refractivity contribution in [2.24, 2.45) is 0 Å². The highest BCUT2D eigenvalue weighted by molar-refractivity contribution is 7.77. The van der Waals surface area contributed by atoms with Crippen LogP contribution >= 0.6 is 11.6 Å². The van der Waals surface area contributed by atoms with Gasteiger partial charge in [-0.15, -0.1) is 0 Å². The van der Waals surface area contributed by atoms with Gasteiger partial charge in [0, 0.05) is 10.1 Å². The van der Waals surface area contributed by atoms with E-state index < -0.39 is 0 Å². The highest BCUT2D eigenvalue weighted by Crippen LogP contribution is 2.10. The summed E-state index contributed by atoms with van der Waals surface area (Å²) in [5.74, 6) is 0. The topological polar surface area (TPSA) is 33.7 Å². The SMILES string of the molecule is C1CC[NH2+]CC1.O=C([S-])c1cccc(Cl)c1. The number of quaternary nitrogens is 1. The Labute approximate surface area is 107 Å². The first-order valence-electron chi connectivity index (χ1n) is 5.49. The highest BCUT2D eigenvalue weighted by Gasteiger charge is 1.97. The van der Waals surface area contributed by atoms with Crippen molar-refractivity contribution in [1.82, 2.24) is 0 Å². The van der Waals surface area contributed by atoms with Gasteiger partial charge in [0.15, 0.2) is 0 Å². The Morgan fingerprint density at radius 1 is 1.25 bits per heavy atom. The molecule has 88 valence electrons. The smallest absolute Gasteiger partial charge is 0.0755 e. The van der Waals surface area contributed by atoms with Crippen LogP contribution in [-0.2, 0) is 12.6 Å². The van der Waals surface area contributed by atoms with Crippen LogP contribution in [0.3, 0.4) is 0 Å². The molecule has 2 N–H and O–H groups in total. The number of rotatable bonds is 1. The summed E-state index contributed by atoms with van der Waals surface area (Å²) in [7, 11) is 0. The first-order chi connectivity index (χ1) is 7.70. The maximum Gasteiger partial charge on any atom is 0.0755 e. The summed E-state index contributed by atoms with van der Waals surface area (Å²) in [5, 5.41) is 2.56. The van der Waals surface area contributed by atoms with Crippen LogP contribution in [0.5, 0.6) is 0 Å². The summed E-state index contributed by atoms with van der Waals surface area (Å²) in [6.07, 6.45) is 4.36. The molecule has 2 nitrogen and oxygen atoms in total. The zero-order valence-corrected chi connectivity index (χ0v) is 10.7. The minimum atomic E-state index is -0.373. The average Bonchev–Trinajstić information content (AvgIpc) is 2.32. The quantitative estimate of drug-likeness (QED) is 0.778. The van der Waals surface area contributed by atoms with Crippen molar-refractivity contribution in [1.29, 1.82) is 0 Å². The molecule has 0 amide bonds. The summed E-state index contributed by atoms with van der Waals surface area (Å²) < 4.78 is 0. The number of carbonyl (C=O) groups excluding carboxylic acids is 1. The lowest BCUT2D eigenvalue weighted by Gasteiger charge is -2.05. The largest absolute Gasteiger partial charge is 0.737 e. The molecule has 0 saturated carbocycles. The zero-order valence-electron chi connectivity index (χ0n) is 9.12. The van der Waals surface area contributed by atoms with Gasteiger partial charge in [-0.25, -0.2) is 0 Å². The van der Waals surface area contributed by atoms with Crippen molar-refractivity contribution in [2.75, 3.05) is 13.1 Å². The Bertz CT molecular complexity index is 328. The van der Waals surface area contributed by atoms with E-state index in [4.69, 9.17) is 11.6 Å². The molecule has 2 rings (SSSR count). The Morgan fingerprint density at radius 2 is 1.94 bits per heavy atom. The normalized spacial score (nSPS) is 14.8. The highest BCUT2D eigenvalue weighted by atomic mass is 35.5. The van der Waals surface area contributed by atoms with Gasteiger partial charge in [-0.3, -0.25) is 0 Å². The van der Waals surface area contributed by atoms with Gasteiger partial charge >= 0.3 is 0 Å². The lowest BCUT2D eigenvalue weighted by Crippen LogP contribution is -2.85. The van der Waals surface area contributed by atoms with Gasteiger partial charge in [0.1, 0.15) is 0 Å². The summed E-state index contributed by atoms with van der Waals surface area (Å²) in [6, 6.07) is 6.59. The van der Waals surface area contributed by atoms with Gasteiger partial charge in [0.05, 0.1) is 13.1 Å². The second-order valence-corrected chi connectivity index (χ2v) is 4.53. The minimum Gasteiger partial charge on any atom is -0.737 e. The maximum absolute atomic E-state index is 10.6. The summed E-state index contributed by atoms with van der Waals surface area (Å²) >= 11 is 10.00. The molecule has 1 saturated heterocycles. The molecule has 1 fully saturated rings. The molecule has 1 aliphatic rings. The fourth-order valence-corrected chi connectivity index (χ4v) is 1.83. The monoisotopic (exact) mass is 257 g/mol. The van der Waals surface area contributed by atoms with Gasteiger partial charge in [-0.1, -0.05) is 23.7 Å². The van der Waals surface area contributed by atoms with Gasteiger partial charge < -0.3 is 22.7 Å². The predicted octanol–water partition coefficient (Wildman–Crippen LogP) is 1.76. The molecule has 1 heterocycles. The van der Waals surface area contributed by atoms with Crippen LogP contribution < -0.4 is 5.32 Å². The number of carbonyl (C=O) groups is 1. The fourth-order valence-electron chi connectivity index (χ4n) is 1.51. The molecule has 0 atom stereocenters. The van der Waals surface area contributed by atoms with Crippen LogP contribution in [0.2, 0.25) is 5.02 Å². The Morgan fingerprint density at radius 3 is 2.25 bits per heavy atom. The van der Waals surface area contributed by atoms with E-state index in [0.29, 0.717) is 10.6 Å². The number of hydrogen-bond donors (Lipinski definition) is 1. The van der Waals surface area contributed by atoms with Crippen LogP contribution in [0.25, 0.3) is 0 Å². The second kappa shape index (κ2) is 7.60. The van der Waals surface area contributed by atoms with Crippen LogP contribution in [-0.4, -0.2) is 18.2 Å². The van der Waals surface area contributed by atoms with Gasteiger partial charge in [-0.2, -0.15) is 0 Å². The fraction of sp³-hybridized carbons (Fsp3) is 0.417. The molecular formula is C12H16ClNOS. The van der Waals surface area contributed by atoms with Gasteiger partial charge in [0.2, 0.25) is 0 Å². The molecular weight excluding hydrogens is 242 g/mol. The number of benzene rings is 1. The number of piperidine rings is 1. The summed E-state index contributed by atoms with van der Waals surface area (Å²) in [6.45, 7) is 2.75. The van der Waals surface area contributed by atoms with Crippen LogP contribution in [0, 0.1) is 0 Å². The van der Waals surface area contributed by atoms with E-state index in [1.54, 1.807) is 24.3 Å². The summed E-state index contributed by atoms with van der Waals surface area (Å²) in [5.41, 5.74) is 0.475. The van der Waals surface area contributed by atoms with Crippen LogP contribution in [0.1, 0.15) is 29.6 Å². The van der Waals surface area contributed by atoms with Crippen molar-refractivity contribution < 1.29 is 10.1 Å². The molecule has 0 aromatic heterocycles. The number of nitrogens with two attached hydrogens (primary N) is 1. The van der Waals surface area contributed by atoms with Crippen molar-refractivity contribution >= 4 is 29.3 Å². The lowest BCUT2D eigenvalue weighted by molar-refractivity contribution is -0.662. The van der Waals surface area contributed by atoms with E-state index >= 15 is 0 Å². The molecule has 4 heteroatoms. The van der Waals surface area contributed by atoms with Crippen LogP contribution in [0.4, 0.5) is 0 Å². The molecule has 0 aliphatic carbocycles. The number of halogens is 1. The molecule has 16 heavy (non-hydrogen) atoms. The van der Waals surface area contributed by atoms with E-state index in [2.05, 4.69) is 17.9 Å². The molecule has 1 aliphatic heterocycles. The zero-order chi connectivity index (χ0) is 11.8. The maximum atomic E-state index is 10.6. The molecule has 0 spiro atoms. The first kappa shape index (κ1) is 13.4. The predicted molar refractivity (Wildman–Crippen MR) is 68.7 cm³/mol. The van der Waals surface area contributed by atoms with Gasteiger partial charge in [0.25, 0.3) is 0 Å². The number of hydrogen-bond acceptors (Lipinski definition) is 2. The van der Waals surface area contributed by atoms with Gasteiger partial charge in [-0.05, 0) is 37.0 Å². The Balaban J connectivity index is 0.000000181. The van der Waals surface area contributed by atoms with Crippen molar-refractivity contribution in [3.05, 3.63) is 34.9 Å². The molecule has 1 aromatic carbocycles. The standard InChI is InChI=1S/C7H5ClOS.C5H11N/c8-6-3-1-2-5(4-6)7(9)10;1-2-4-6-5-3-1/h1-4H,(H,9,10);6H,1-5H2. The first-order valence-corrected chi connectivity index (χ1v) is 6.27.